The summed E-state index contributed by atoms with van der Waals surface area (Å²) in [5.41, 5.74) is 0.0613. The maximum absolute atomic E-state index is 11.7. The van der Waals surface area contributed by atoms with Crippen LogP contribution in [-0.4, -0.2) is 36.8 Å². The van der Waals surface area contributed by atoms with Crippen molar-refractivity contribution < 1.29 is 9.90 Å². The Morgan fingerprint density at radius 3 is 2.61 bits per heavy atom. The van der Waals surface area contributed by atoms with Gasteiger partial charge in [-0.1, -0.05) is 26.7 Å². The minimum atomic E-state index is 0.0613. The molecule has 3 N–H and O–H groups in total. The van der Waals surface area contributed by atoms with Crippen LogP contribution in [0.1, 0.15) is 52.4 Å². The number of carbonyl (C=O) groups is 1. The summed E-state index contributed by atoms with van der Waals surface area (Å²) in [4.78, 5) is 11.7. The molecule has 1 rings (SSSR count). The lowest BCUT2D eigenvalue weighted by molar-refractivity contribution is -0.120. The third kappa shape index (κ3) is 6.36. The largest absolute Gasteiger partial charge is 0.396 e. The molecule has 0 aliphatic heterocycles. The van der Waals surface area contributed by atoms with Crippen LogP contribution in [0.25, 0.3) is 0 Å². The maximum Gasteiger partial charge on any atom is 0.233 e. The smallest absolute Gasteiger partial charge is 0.233 e. The lowest BCUT2D eigenvalue weighted by Crippen LogP contribution is -2.41. The highest BCUT2D eigenvalue weighted by atomic mass is 16.2. The second kappa shape index (κ2) is 7.74. The zero-order chi connectivity index (χ0) is 13.4. The predicted octanol–water partition coefficient (Wildman–Crippen LogP) is 1.43. The first-order valence-electron chi connectivity index (χ1n) is 7.14. The van der Waals surface area contributed by atoms with E-state index in [1.54, 1.807) is 0 Å². The number of amides is 1. The minimum Gasteiger partial charge on any atom is -0.396 e. The van der Waals surface area contributed by atoms with E-state index in [-0.39, 0.29) is 17.9 Å². The number of hydrogen-bond acceptors (Lipinski definition) is 3. The zero-order valence-corrected chi connectivity index (χ0v) is 11.8. The van der Waals surface area contributed by atoms with Crippen molar-refractivity contribution >= 4 is 5.91 Å². The summed E-state index contributed by atoms with van der Waals surface area (Å²) in [6.45, 7) is 5.57. The van der Waals surface area contributed by atoms with Gasteiger partial charge in [-0.25, -0.2) is 0 Å². The Morgan fingerprint density at radius 1 is 1.33 bits per heavy atom. The van der Waals surface area contributed by atoms with Crippen LogP contribution >= 0.6 is 0 Å². The fourth-order valence-corrected chi connectivity index (χ4v) is 2.41. The summed E-state index contributed by atoms with van der Waals surface area (Å²) in [5.74, 6) is 0.0824. The maximum atomic E-state index is 11.7. The van der Waals surface area contributed by atoms with Gasteiger partial charge in [0.1, 0.15) is 0 Å². The molecule has 0 bridgehead atoms. The molecule has 0 saturated heterocycles. The summed E-state index contributed by atoms with van der Waals surface area (Å²) in [5, 5.41) is 15.1. The molecule has 4 nitrogen and oxygen atoms in total. The quantitative estimate of drug-likeness (QED) is 0.616. The molecule has 0 spiro atoms. The molecule has 0 aromatic carbocycles. The van der Waals surface area contributed by atoms with E-state index in [0.717, 1.165) is 12.8 Å². The molecule has 106 valence electrons. The van der Waals surface area contributed by atoms with E-state index in [2.05, 4.69) is 24.5 Å². The van der Waals surface area contributed by atoms with Gasteiger partial charge in [0.25, 0.3) is 0 Å². The van der Waals surface area contributed by atoms with Gasteiger partial charge in [0.15, 0.2) is 0 Å². The molecular formula is C14H28N2O2. The summed E-state index contributed by atoms with van der Waals surface area (Å²) in [6, 6.07) is 0.540. The van der Waals surface area contributed by atoms with Gasteiger partial charge >= 0.3 is 0 Å². The molecule has 0 atom stereocenters. The molecule has 0 aromatic rings. The van der Waals surface area contributed by atoms with Gasteiger partial charge in [0.05, 0.1) is 6.54 Å². The molecule has 0 unspecified atom stereocenters. The Balaban J connectivity index is 2.11. The van der Waals surface area contributed by atoms with Crippen LogP contribution < -0.4 is 10.6 Å². The van der Waals surface area contributed by atoms with Gasteiger partial charge in [-0.05, 0) is 31.1 Å². The van der Waals surface area contributed by atoms with Crippen molar-refractivity contribution in [2.24, 2.45) is 5.41 Å². The minimum absolute atomic E-state index is 0.0613. The Morgan fingerprint density at radius 2 is 2.00 bits per heavy atom. The average Bonchev–Trinajstić information content (AvgIpc) is 2.84. The van der Waals surface area contributed by atoms with Gasteiger partial charge in [0, 0.05) is 19.2 Å². The molecular weight excluding hydrogens is 228 g/mol. The molecule has 0 radical (unpaired) electrons. The highest BCUT2D eigenvalue weighted by Crippen LogP contribution is 2.20. The summed E-state index contributed by atoms with van der Waals surface area (Å²) >= 11 is 0. The molecule has 0 aromatic heterocycles. The van der Waals surface area contributed by atoms with E-state index in [0.29, 0.717) is 19.1 Å². The van der Waals surface area contributed by atoms with Gasteiger partial charge in [0.2, 0.25) is 5.91 Å². The van der Waals surface area contributed by atoms with Crippen LogP contribution in [0.4, 0.5) is 0 Å². The van der Waals surface area contributed by atoms with E-state index >= 15 is 0 Å². The Labute approximate surface area is 111 Å². The van der Waals surface area contributed by atoms with Crippen molar-refractivity contribution in [2.75, 3.05) is 19.7 Å². The van der Waals surface area contributed by atoms with Gasteiger partial charge in [-0.2, -0.15) is 0 Å². The van der Waals surface area contributed by atoms with E-state index in [1.807, 2.05) is 0 Å². The van der Waals surface area contributed by atoms with Crippen molar-refractivity contribution in [2.45, 2.75) is 58.4 Å². The third-order valence-electron chi connectivity index (χ3n) is 3.68. The molecule has 1 fully saturated rings. The van der Waals surface area contributed by atoms with Crippen molar-refractivity contribution in [3.8, 4) is 0 Å². The molecule has 18 heavy (non-hydrogen) atoms. The highest BCUT2D eigenvalue weighted by molar-refractivity contribution is 5.78. The summed E-state index contributed by atoms with van der Waals surface area (Å²) in [6.07, 6.45) is 6.70. The van der Waals surface area contributed by atoms with E-state index in [1.165, 1.54) is 25.7 Å². The van der Waals surface area contributed by atoms with Crippen molar-refractivity contribution in [1.82, 2.24) is 10.6 Å². The van der Waals surface area contributed by atoms with Crippen molar-refractivity contribution in [1.29, 1.82) is 0 Å². The average molecular weight is 256 g/mol. The van der Waals surface area contributed by atoms with Gasteiger partial charge < -0.3 is 15.7 Å². The molecule has 1 amide bonds. The van der Waals surface area contributed by atoms with Gasteiger partial charge in [-0.3, -0.25) is 4.79 Å². The molecule has 4 heteroatoms. The van der Waals surface area contributed by atoms with Crippen molar-refractivity contribution in [3.05, 3.63) is 0 Å². The Hall–Kier alpha value is -0.610. The second-order valence-corrected chi connectivity index (χ2v) is 6.13. The number of aliphatic hydroxyl groups excluding tert-OH is 1. The second-order valence-electron chi connectivity index (χ2n) is 6.13. The predicted molar refractivity (Wildman–Crippen MR) is 73.4 cm³/mol. The van der Waals surface area contributed by atoms with Crippen LogP contribution in [0.5, 0.6) is 0 Å². The number of carbonyl (C=O) groups excluding carboxylic acids is 1. The number of aliphatic hydroxyl groups is 1. The summed E-state index contributed by atoms with van der Waals surface area (Å²) < 4.78 is 0. The van der Waals surface area contributed by atoms with E-state index in [4.69, 9.17) is 5.11 Å². The highest BCUT2D eigenvalue weighted by Gasteiger charge is 2.19. The third-order valence-corrected chi connectivity index (χ3v) is 3.68. The van der Waals surface area contributed by atoms with Crippen LogP contribution in [0.3, 0.4) is 0 Å². The monoisotopic (exact) mass is 256 g/mol. The fraction of sp³-hybridized carbons (Fsp3) is 0.929. The summed E-state index contributed by atoms with van der Waals surface area (Å²) in [7, 11) is 0. The molecule has 1 saturated carbocycles. The first kappa shape index (κ1) is 15.4. The Kier molecular flexibility index (Phi) is 6.65. The lowest BCUT2D eigenvalue weighted by atomic mass is 9.88. The molecule has 1 aliphatic carbocycles. The van der Waals surface area contributed by atoms with Crippen molar-refractivity contribution in [3.63, 3.8) is 0 Å². The number of hydrogen-bond donors (Lipinski definition) is 3. The van der Waals surface area contributed by atoms with Crippen LogP contribution in [0, 0.1) is 5.41 Å². The van der Waals surface area contributed by atoms with E-state index in [9.17, 15) is 4.79 Å². The van der Waals surface area contributed by atoms with Crippen LogP contribution in [-0.2, 0) is 4.79 Å². The SMILES string of the molecule is CC(C)(CCCO)CNC(=O)CNC1CCCC1. The first-order valence-corrected chi connectivity index (χ1v) is 7.14. The Bertz CT molecular complexity index is 248. The lowest BCUT2D eigenvalue weighted by Gasteiger charge is -2.24. The van der Waals surface area contributed by atoms with Crippen LogP contribution in [0.2, 0.25) is 0 Å². The number of nitrogens with one attached hydrogen (secondary N) is 2. The molecule has 0 heterocycles. The van der Waals surface area contributed by atoms with Crippen LogP contribution in [0.15, 0.2) is 0 Å². The zero-order valence-electron chi connectivity index (χ0n) is 11.8. The van der Waals surface area contributed by atoms with E-state index < -0.39 is 0 Å². The standard InChI is InChI=1S/C14H28N2O2/c1-14(2,8-5-9-17)11-16-13(18)10-15-12-6-3-4-7-12/h12,15,17H,3-11H2,1-2H3,(H,16,18). The normalized spacial score (nSPS) is 17.1. The molecule has 1 aliphatic rings. The fourth-order valence-electron chi connectivity index (χ4n) is 2.41. The first-order chi connectivity index (χ1) is 8.53. The topological polar surface area (TPSA) is 61.4 Å². The number of rotatable bonds is 8. The van der Waals surface area contributed by atoms with Gasteiger partial charge in [-0.15, -0.1) is 0 Å².